The van der Waals surface area contributed by atoms with Crippen LogP contribution >= 0.6 is 27.5 Å². The van der Waals surface area contributed by atoms with Gasteiger partial charge in [-0.1, -0.05) is 57.9 Å². The molecule has 0 heterocycles. The summed E-state index contributed by atoms with van der Waals surface area (Å²) in [5, 5.41) is 10.1. The largest absolute Gasteiger partial charge is 0.478 e. The average Bonchev–Trinajstić information content (AvgIpc) is 3.24. The van der Waals surface area contributed by atoms with E-state index >= 15 is 0 Å². The monoisotopic (exact) mass is 480 g/mol. The molecule has 0 fully saturated rings. The Morgan fingerprint density at radius 1 is 0.933 bits per heavy atom. The van der Waals surface area contributed by atoms with Crippen LogP contribution in [0.5, 0.6) is 0 Å². The molecule has 1 aliphatic carbocycles. The third kappa shape index (κ3) is 4.69. The van der Waals surface area contributed by atoms with Crippen LogP contribution in [0.3, 0.4) is 0 Å². The Morgan fingerprint density at radius 2 is 1.70 bits per heavy atom. The number of aryl methyl sites for hydroxylation is 2. The lowest BCUT2D eigenvalue weighted by atomic mass is 9.91. The maximum atomic E-state index is 11.4. The summed E-state index contributed by atoms with van der Waals surface area (Å²) >= 11 is 9.65. The third-order valence-corrected chi connectivity index (χ3v) is 6.41. The second kappa shape index (κ2) is 9.20. The van der Waals surface area contributed by atoms with Gasteiger partial charge in [-0.2, -0.15) is 0 Å². The first-order valence-corrected chi connectivity index (χ1v) is 11.3. The van der Waals surface area contributed by atoms with E-state index in [9.17, 15) is 9.90 Å². The summed E-state index contributed by atoms with van der Waals surface area (Å²) in [4.78, 5) is 11.4. The fraction of sp³-hybridized carbons (Fsp3) is 0.192. The molecule has 0 aliphatic heterocycles. The number of carbonyl (C=O) groups is 1. The van der Waals surface area contributed by atoms with E-state index in [0.717, 1.165) is 47.2 Å². The van der Waals surface area contributed by atoms with Gasteiger partial charge in [-0.15, -0.1) is 0 Å². The highest BCUT2D eigenvalue weighted by molar-refractivity contribution is 9.10. The minimum atomic E-state index is -0.886. The van der Waals surface area contributed by atoms with E-state index in [1.165, 1.54) is 27.8 Å². The van der Waals surface area contributed by atoms with Crippen LogP contribution in [0.2, 0.25) is 5.02 Å². The molecule has 1 N–H and O–H groups in total. The highest BCUT2D eigenvalue weighted by Crippen LogP contribution is 2.42. The maximum Gasteiger partial charge on any atom is 0.335 e. The molecule has 0 spiro atoms. The molecular weight excluding hydrogens is 460 g/mol. The van der Waals surface area contributed by atoms with Gasteiger partial charge < -0.3 is 5.11 Å². The smallest absolute Gasteiger partial charge is 0.335 e. The van der Waals surface area contributed by atoms with Gasteiger partial charge in [0.05, 0.1) is 5.56 Å². The van der Waals surface area contributed by atoms with Crippen LogP contribution in [-0.2, 0) is 12.8 Å². The zero-order valence-electron chi connectivity index (χ0n) is 16.5. The maximum absolute atomic E-state index is 11.4. The zero-order chi connectivity index (χ0) is 21.1. The lowest BCUT2D eigenvalue weighted by Gasteiger charge is -2.15. The summed E-state index contributed by atoms with van der Waals surface area (Å²) in [7, 11) is 0. The van der Waals surface area contributed by atoms with Crippen molar-refractivity contribution in [3.8, 4) is 0 Å². The number of hydrogen-bond acceptors (Lipinski definition) is 1. The van der Waals surface area contributed by atoms with Gasteiger partial charge in [-0.25, -0.2) is 4.79 Å². The fourth-order valence-electron chi connectivity index (χ4n) is 4.18. The van der Waals surface area contributed by atoms with Gasteiger partial charge in [0.15, 0.2) is 0 Å². The quantitative estimate of drug-likeness (QED) is 0.392. The van der Waals surface area contributed by atoms with E-state index in [4.69, 9.17) is 11.6 Å². The van der Waals surface area contributed by atoms with Gasteiger partial charge >= 0.3 is 5.97 Å². The Bertz CT molecular complexity index is 1120. The van der Waals surface area contributed by atoms with Crippen LogP contribution in [0, 0.1) is 0 Å². The van der Waals surface area contributed by atoms with Gasteiger partial charge in [0.25, 0.3) is 0 Å². The van der Waals surface area contributed by atoms with E-state index < -0.39 is 5.97 Å². The molecule has 4 rings (SSSR count). The van der Waals surface area contributed by atoms with Crippen LogP contribution in [0.25, 0.3) is 11.1 Å². The van der Waals surface area contributed by atoms with E-state index in [1.807, 2.05) is 24.3 Å². The van der Waals surface area contributed by atoms with Crippen molar-refractivity contribution < 1.29 is 9.90 Å². The topological polar surface area (TPSA) is 37.3 Å². The van der Waals surface area contributed by atoms with E-state index in [1.54, 1.807) is 12.1 Å². The summed E-state index contributed by atoms with van der Waals surface area (Å²) in [6, 6.07) is 21.9. The van der Waals surface area contributed by atoms with Crippen molar-refractivity contribution in [2.45, 2.75) is 32.1 Å². The molecule has 0 radical (unpaired) electrons. The summed E-state index contributed by atoms with van der Waals surface area (Å²) < 4.78 is 1.06. The molecule has 2 nitrogen and oxygen atoms in total. The molecule has 0 saturated heterocycles. The van der Waals surface area contributed by atoms with Crippen molar-refractivity contribution in [3.05, 3.63) is 104 Å². The Hall–Kier alpha value is -2.36. The summed E-state index contributed by atoms with van der Waals surface area (Å²) in [6.07, 6.45) is 4.96. The predicted molar refractivity (Wildman–Crippen MR) is 127 cm³/mol. The molecule has 3 aromatic carbocycles. The number of benzene rings is 3. The molecule has 152 valence electrons. The number of allylic oxidation sites excluding steroid dienone is 2. The number of aromatic carboxylic acids is 1. The normalized spacial score (nSPS) is 13.7. The average molecular weight is 482 g/mol. The molecule has 3 aromatic rings. The Balaban J connectivity index is 1.70. The van der Waals surface area contributed by atoms with Gasteiger partial charge in [0.2, 0.25) is 0 Å². The Morgan fingerprint density at radius 3 is 2.47 bits per heavy atom. The second-order valence-corrected chi connectivity index (χ2v) is 8.98. The second-order valence-electron chi connectivity index (χ2n) is 7.62. The van der Waals surface area contributed by atoms with Crippen LogP contribution in [0.15, 0.2) is 71.2 Å². The highest BCUT2D eigenvalue weighted by atomic mass is 79.9. The molecule has 0 atom stereocenters. The minimum absolute atomic E-state index is 0.337. The van der Waals surface area contributed by atoms with Gasteiger partial charge in [-0.05, 0) is 102 Å². The van der Waals surface area contributed by atoms with E-state index in [-0.39, 0.29) is 0 Å². The van der Waals surface area contributed by atoms with E-state index in [2.05, 4.69) is 46.3 Å². The van der Waals surface area contributed by atoms with Gasteiger partial charge in [0.1, 0.15) is 0 Å². The SMILES string of the molecule is O=C(O)c1cccc(C2=C(c3cc(Br)ccc3CCc3ccc(Cl)cc3)CCC2)c1. The highest BCUT2D eigenvalue weighted by Gasteiger charge is 2.21. The number of carboxylic acids is 1. The molecule has 0 unspecified atom stereocenters. The first-order chi connectivity index (χ1) is 14.5. The molecule has 30 heavy (non-hydrogen) atoms. The van der Waals surface area contributed by atoms with Gasteiger partial charge in [-0.3, -0.25) is 0 Å². The Labute approximate surface area is 190 Å². The van der Waals surface area contributed by atoms with Crippen molar-refractivity contribution in [2.75, 3.05) is 0 Å². The third-order valence-electron chi connectivity index (χ3n) is 5.67. The van der Waals surface area contributed by atoms with Crippen molar-refractivity contribution in [1.29, 1.82) is 0 Å². The molecule has 0 saturated carbocycles. The molecular formula is C26H22BrClO2. The standard InChI is InChI=1S/C26H22BrClO2/c27-21-12-11-18(10-7-17-8-13-22(28)14-9-17)25(16-21)24-6-2-5-23(24)19-3-1-4-20(15-19)26(29)30/h1,3-4,8-9,11-16H,2,5-7,10H2,(H,29,30). The van der Waals surface area contributed by atoms with Crippen LogP contribution in [-0.4, -0.2) is 11.1 Å². The minimum Gasteiger partial charge on any atom is -0.478 e. The number of carboxylic acid groups (broad SMARTS) is 1. The predicted octanol–water partition coefficient (Wildman–Crippen LogP) is 7.68. The van der Waals surface area contributed by atoms with Crippen molar-refractivity contribution in [1.82, 2.24) is 0 Å². The van der Waals surface area contributed by atoms with Crippen LogP contribution in [0.4, 0.5) is 0 Å². The molecule has 4 heteroatoms. The van der Waals surface area contributed by atoms with Crippen LogP contribution in [0.1, 0.15) is 51.9 Å². The van der Waals surface area contributed by atoms with Crippen molar-refractivity contribution in [3.63, 3.8) is 0 Å². The molecule has 1 aliphatic rings. The molecule has 0 aromatic heterocycles. The van der Waals surface area contributed by atoms with Crippen LogP contribution < -0.4 is 0 Å². The number of rotatable bonds is 6. The number of halogens is 2. The molecule has 0 amide bonds. The first-order valence-electron chi connectivity index (χ1n) is 10.1. The van der Waals surface area contributed by atoms with E-state index in [0.29, 0.717) is 5.56 Å². The lowest BCUT2D eigenvalue weighted by molar-refractivity contribution is 0.0697. The summed E-state index contributed by atoms with van der Waals surface area (Å²) in [5.41, 5.74) is 7.81. The first kappa shape index (κ1) is 20.9. The van der Waals surface area contributed by atoms with Crippen molar-refractivity contribution in [2.24, 2.45) is 0 Å². The molecule has 0 bridgehead atoms. The van der Waals surface area contributed by atoms with Crippen molar-refractivity contribution >= 4 is 44.6 Å². The fourth-order valence-corrected chi connectivity index (χ4v) is 4.66. The Kier molecular flexibility index (Phi) is 6.40. The summed E-state index contributed by atoms with van der Waals surface area (Å²) in [6.45, 7) is 0. The zero-order valence-corrected chi connectivity index (χ0v) is 18.8. The number of hydrogen-bond donors (Lipinski definition) is 1. The summed E-state index contributed by atoms with van der Waals surface area (Å²) in [5.74, 6) is -0.886. The van der Waals surface area contributed by atoms with Gasteiger partial charge in [0, 0.05) is 9.50 Å². The lowest BCUT2D eigenvalue weighted by Crippen LogP contribution is -1.99.